The van der Waals surface area contributed by atoms with E-state index in [2.05, 4.69) is 10.5 Å². The summed E-state index contributed by atoms with van der Waals surface area (Å²) in [6.45, 7) is 1.68. The van der Waals surface area contributed by atoms with E-state index in [0.717, 1.165) is 0 Å². The minimum Gasteiger partial charge on any atom is -0.359 e. The largest absolute Gasteiger partial charge is 0.359 e. The zero-order valence-electron chi connectivity index (χ0n) is 9.50. The van der Waals surface area contributed by atoms with Crippen LogP contribution in [0.15, 0.2) is 10.7 Å². The summed E-state index contributed by atoms with van der Waals surface area (Å²) in [5, 5.41) is 6.18. The predicted octanol–water partition coefficient (Wildman–Crippen LogP) is 2.75. The smallest absolute Gasteiger partial charge is 0.248 e. The predicted molar refractivity (Wildman–Crippen MR) is 56.8 cm³/mol. The van der Waals surface area contributed by atoms with Gasteiger partial charge in [0.1, 0.15) is 5.69 Å². The summed E-state index contributed by atoms with van der Waals surface area (Å²) in [4.78, 5) is 11.8. The number of carbonyl (C=O) groups excluding carboxylic acids is 1. The highest BCUT2D eigenvalue weighted by atomic mass is 19.3. The van der Waals surface area contributed by atoms with Gasteiger partial charge in [0.2, 0.25) is 11.8 Å². The maximum Gasteiger partial charge on any atom is 0.248 e. The van der Waals surface area contributed by atoms with Gasteiger partial charge < -0.3 is 9.84 Å². The molecule has 2 rings (SSSR count). The van der Waals surface area contributed by atoms with E-state index in [1.54, 1.807) is 6.92 Å². The van der Waals surface area contributed by atoms with E-state index in [0.29, 0.717) is 11.4 Å². The van der Waals surface area contributed by atoms with Gasteiger partial charge in [-0.15, -0.1) is 0 Å². The first-order valence-electron chi connectivity index (χ1n) is 5.58. The summed E-state index contributed by atoms with van der Waals surface area (Å²) in [5.41, 5.74) is 0.507. The van der Waals surface area contributed by atoms with Crippen molar-refractivity contribution in [1.82, 2.24) is 5.16 Å². The van der Waals surface area contributed by atoms with Crippen LogP contribution in [0.5, 0.6) is 0 Å². The van der Waals surface area contributed by atoms with Crippen LogP contribution in [-0.4, -0.2) is 17.0 Å². The first-order chi connectivity index (χ1) is 7.98. The third-order valence-corrected chi connectivity index (χ3v) is 3.10. The Morgan fingerprint density at radius 2 is 2.18 bits per heavy atom. The van der Waals surface area contributed by atoms with E-state index in [1.165, 1.54) is 6.20 Å². The summed E-state index contributed by atoms with van der Waals surface area (Å²) in [7, 11) is 0. The highest BCUT2D eigenvalue weighted by molar-refractivity contribution is 5.92. The van der Waals surface area contributed by atoms with Gasteiger partial charge in [0.15, 0.2) is 5.76 Å². The molecule has 1 N–H and O–H groups in total. The molecule has 0 unspecified atom stereocenters. The maximum absolute atomic E-state index is 12.9. The fraction of sp³-hybridized carbons (Fsp3) is 0.636. The summed E-state index contributed by atoms with van der Waals surface area (Å²) < 4.78 is 30.7. The summed E-state index contributed by atoms with van der Waals surface area (Å²) in [6, 6.07) is 0. The Bertz CT molecular complexity index is 407. The van der Waals surface area contributed by atoms with Crippen LogP contribution in [-0.2, 0) is 4.79 Å². The van der Waals surface area contributed by atoms with Crippen molar-refractivity contribution in [2.75, 3.05) is 5.32 Å². The molecule has 94 valence electrons. The lowest BCUT2D eigenvalue weighted by Gasteiger charge is -2.27. The lowest BCUT2D eigenvalue weighted by molar-refractivity contribution is -0.124. The summed E-state index contributed by atoms with van der Waals surface area (Å²) in [5.74, 6) is -2.67. The van der Waals surface area contributed by atoms with Crippen LogP contribution in [0.3, 0.4) is 0 Å². The highest BCUT2D eigenvalue weighted by Crippen LogP contribution is 2.36. The van der Waals surface area contributed by atoms with Crippen LogP contribution < -0.4 is 5.32 Å². The standard InChI is InChI=1S/C11H14F2N2O2/c1-7-9(6-14-17-7)15-10(16)8-2-4-11(12,13)5-3-8/h6,8H,2-5H2,1H3,(H,15,16). The van der Waals surface area contributed by atoms with Crippen LogP contribution in [0.4, 0.5) is 14.5 Å². The molecule has 0 saturated heterocycles. The van der Waals surface area contributed by atoms with Gasteiger partial charge in [-0.25, -0.2) is 8.78 Å². The summed E-state index contributed by atoms with van der Waals surface area (Å²) in [6.07, 6.45) is 1.43. The van der Waals surface area contributed by atoms with Gasteiger partial charge in [0.05, 0.1) is 6.20 Å². The fourth-order valence-electron chi connectivity index (χ4n) is 1.96. The van der Waals surface area contributed by atoms with Crippen molar-refractivity contribution in [2.45, 2.75) is 38.5 Å². The average Bonchev–Trinajstić information content (AvgIpc) is 2.64. The molecule has 1 aromatic rings. The Labute approximate surface area is 97.4 Å². The van der Waals surface area contributed by atoms with Gasteiger partial charge in [0.25, 0.3) is 0 Å². The van der Waals surface area contributed by atoms with Crippen LogP contribution in [0, 0.1) is 12.8 Å². The van der Waals surface area contributed by atoms with Crippen molar-refractivity contribution in [3.63, 3.8) is 0 Å². The number of nitrogens with one attached hydrogen (secondary N) is 1. The van der Waals surface area contributed by atoms with E-state index in [1.807, 2.05) is 0 Å². The van der Waals surface area contributed by atoms with Gasteiger partial charge in [-0.1, -0.05) is 5.16 Å². The van der Waals surface area contributed by atoms with E-state index in [4.69, 9.17) is 4.52 Å². The molecule has 6 heteroatoms. The molecule has 0 spiro atoms. The molecule has 1 amide bonds. The number of rotatable bonds is 2. The Kier molecular flexibility index (Phi) is 3.13. The van der Waals surface area contributed by atoms with E-state index in [-0.39, 0.29) is 37.5 Å². The van der Waals surface area contributed by atoms with Crippen molar-refractivity contribution in [1.29, 1.82) is 0 Å². The first-order valence-corrected chi connectivity index (χ1v) is 5.58. The number of anilines is 1. The molecule has 0 aliphatic heterocycles. The Morgan fingerprint density at radius 3 is 2.71 bits per heavy atom. The molecule has 1 aromatic heterocycles. The molecule has 1 aliphatic rings. The Balaban J connectivity index is 1.92. The molecule has 0 aromatic carbocycles. The lowest BCUT2D eigenvalue weighted by Crippen LogP contribution is -2.31. The average molecular weight is 244 g/mol. The number of nitrogens with zero attached hydrogens (tertiary/aromatic N) is 1. The lowest BCUT2D eigenvalue weighted by atomic mass is 9.86. The molecule has 1 heterocycles. The third kappa shape index (κ3) is 2.81. The minimum atomic E-state index is -2.61. The molecule has 1 aliphatic carbocycles. The number of carbonyl (C=O) groups is 1. The van der Waals surface area contributed by atoms with Crippen molar-refractivity contribution < 1.29 is 18.1 Å². The first kappa shape index (κ1) is 12.0. The van der Waals surface area contributed by atoms with Gasteiger partial charge in [-0.3, -0.25) is 4.79 Å². The summed E-state index contributed by atoms with van der Waals surface area (Å²) >= 11 is 0. The zero-order chi connectivity index (χ0) is 12.5. The van der Waals surface area contributed by atoms with Crippen molar-refractivity contribution in [3.05, 3.63) is 12.0 Å². The number of halogens is 2. The van der Waals surface area contributed by atoms with Gasteiger partial charge in [-0.05, 0) is 19.8 Å². The molecular formula is C11H14F2N2O2. The molecule has 0 atom stereocenters. The van der Waals surface area contributed by atoms with Crippen molar-refractivity contribution in [3.8, 4) is 0 Å². The second-order valence-corrected chi connectivity index (χ2v) is 4.42. The molecule has 4 nitrogen and oxygen atoms in total. The SMILES string of the molecule is Cc1oncc1NC(=O)C1CCC(F)(F)CC1. The maximum atomic E-state index is 12.9. The second-order valence-electron chi connectivity index (χ2n) is 4.42. The van der Waals surface area contributed by atoms with E-state index < -0.39 is 5.92 Å². The topological polar surface area (TPSA) is 55.1 Å². The highest BCUT2D eigenvalue weighted by Gasteiger charge is 2.37. The molecule has 0 radical (unpaired) electrons. The van der Waals surface area contributed by atoms with Crippen molar-refractivity contribution >= 4 is 11.6 Å². The number of hydrogen-bond acceptors (Lipinski definition) is 3. The molecule has 1 fully saturated rings. The number of aryl methyl sites for hydroxylation is 1. The van der Waals surface area contributed by atoms with Crippen LogP contribution in [0.25, 0.3) is 0 Å². The molecule has 1 saturated carbocycles. The molecule has 17 heavy (non-hydrogen) atoms. The second kappa shape index (κ2) is 4.43. The number of aromatic nitrogens is 1. The molecular weight excluding hydrogens is 230 g/mol. The van der Waals surface area contributed by atoms with Crippen molar-refractivity contribution in [2.24, 2.45) is 5.92 Å². The Hall–Kier alpha value is -1.46. The third-order valence-electron chi connectivity index (χ3n) is 3.10. The zero-order valence-corrected chi connectivity index (χ0v) is 9.50. The van der Waals surface area contributed by atoms with E-state index in [9.17, 15) is 13.6 Å². The van der Waals surface area contributed by atoms with Crippen LogP contribution >= 0.6 is 0 Å². The van der Waals surface area contributed by atoms with Crippen LogP contribution in [0.2, 0.25) is 0 Å². The van der Waals surface area contributed by atoms with E-state index >= 15 is 0 Å². The van der Waals surface area contributed by atoms with Gasteiger partial charge >= 0.3 is 0 Å². The number of hydrogen-bond donors (Lipinski definition) is 1. The number of amides is 1. The van der Waals surface area contributed by atoms with Gasteiger partial charge in [-0.2, -0.15) is 0 Å². The monoisotopic (exact) mass is 244 g/mol. The Morgan fingerprint density at radius 1 is 1.53 bits per heavy atom. The quantitative estimate of drug-likeness (QED) is 0.870. The molecule has 0 bridgehead atoms. The minimum absolute atomic E-state index is 0.215. The number of alkyl halides is 2. The van der Waals surface area contributed by atoms with Crippen LogP contribution in [0.1, 0.15) is 31.4 Å². The normalized spacial score (nSPS) is 20.2. The van der Waals surface area contributed by atoms with Gasteiger partial charge in [0, 0.05) is 18.8 Å². The fourth-order valence-corrected chi connectivity index (χ4v) is 1.96.